The highest BCUT2D eigenvalue weighted by atomic mass is 127. The molecule has 0 unspecified atom stereocenters. The second-order valence-electron chi connectivity index (χ2n) is 2.58. The third-order valence-corrected chi connectivity index (χ3v) is 3.62. The van der Waals surface area contributed by atoms with Crippen LogP contribution in [0.25, 0.3) is 0 Å². The molecular weight excluding hydrogens is 345 g/mol. The molecule has 84 valence electrons. The molecule has 0 saturated heterocycles. The molecule has 0 bridgehead atoms. The second kappa shape index (κ2) is 4.14. The van der Waals surface area contributed by atoms with Crippen LogP contribution in [0.3, 0.4) is 0 Å². The van der Waals surface area contributed by atoms with Crippen LogP contribution < -0.4 is 10.7 Å². The number of primary sulfonamides is 1. The Bertz CT molecular complexity index is 540. The van der Waals surface area contributed by atoms with Crippen LogP contribution in [0.1, 0.15) is 12.0 Å². The van der Waals surface area contributed by atoms with Gasteiger partial charge in [-0.25, -0.2) is 22.3 Å². The Morgan fingerprint density at radius 2 is 2.00 bits per heavy atom. The lowest BCUT2D eigenvalue weighted by Crippen LogP contribution is -2.23. The van der Waals surface area contributed by atoms with E-state index in [0.717, 1.165) is 6.07 Å². The quantitative estimate of drug-likeness (QED) is 0.764. The first kappa shape index (κ1) is 12.5. The zero-order valence-electron chi connectivity index (χ0n) is 7.00. The number of rotatable bonds is 2. The monoisotopic (exact) mass is 350 g/mol. The third kappa shape index (κ3) is 2.72. The van der Waals surface area contributed by atoms with Gasteiger partial charge in [-0.2, -0.15) is 0 Å². The summed E-state index contributed by atoms with van der Waals surface area (Å²) >= 11 is 1.50. The highest BCUT2D eigenvalue weighted by Crippen LogP contribution is 2.19. The summed E-state index contributed by atoms with van der Waals surface area (Å²) < 4.78 is 46.2. The Labute approximate surface area is 96.9 Å². The molecule has 1 aromatic rings. The van der Waals surface area contributed by atoms with Crippen LogP contribution in [-0.4, -0.2) is 13.4 Å². The van der Waals surface area contributed by atoms with E-state index in [1.54, 1.807) is 0 Å². The van der Waals surface area contributed by atoms with E-state index >= 15 is 0 Å². The van der Waals surface area contributed by atoms with Crippen molar-refractivity contribution in [3.8, 4) is 0 Å². The van der Waals surface area contributed by atoms with Crippen molar-refractivity contribution in [3.05, 3.63) is 25.6 Å². The SMILES string of the molecule is NS(=O)(=O)c1[nH]c(=O)c(C(F)F)cc1I. The minimum Gasteiger partial charge on any atom is -0.311 e. The van der Waals surface area contributed by atoms with Crippen molar-refractivity contribution in [1.29, 1.82) is 0 Å². The van der Waals surface area contributed by atoms with Gasteiger partial charge in [-0.1, -0.05) is 0 Å². The van der Waals surface area contributed by atoms with E-state index in [-0.39, 0.29) is 3.57 Å². The van der Waals surface area contributed by atoms with E-state index < -0.39 is 32.6 Å². The molecule has 1 rings (SSSR count). The Kier molecular flexibility index (Phi) is 3.45. The average molecular weight is 350 g/mol. The standard InChI is InChI=1S/C6H5F2IN2O3S/c7-4(8)2-1-3(9)6(11-5(2)12)15(10,13)14/h1,4H,(H,11,12)(H2,10,13,14). The number of halogens is 3. The number of aromatic nitrogens is 1. The molecule has 0 aromatic carbocycles. The average Bonchev–Trinajstić information content (AvgIpc) is 2.06. The highest BCUT2D eigenvalue weighted by molar-refractivity contribution is 14.1. The van der Waals surface area contributed by atoms with Crippen molar-refractivity contribution in [2.45, 2.75) is 11.5 Å². The van der Waals surface area contributed by atoms with Crippen molar-refractivity contribution in [1.82, 2.24) is 4.98 Å². The van der Waals surface area contributed by atoms with Crippen molar-refractivity contribution in [2.24, 2.45) is 5.14 Å². The molecule has 1 aromatic heterocycles. The number of hydrogen-bond donors (Lipinski definition) is 2. The van der Waals surface area contributed by atoms with Gasteiger partial charge in [-0.3, -0.25) is 4.79 Å². The van der Waals surface area contributed by atoms with Crippen molar-refractivity contribution < 1.29 is 17.2 Å². The maximum atomic E-state index is 12.2. The Balaban J connectivity index is 3.53. The third-order valence-electron chi connectivity index (χ3n) is 1.51. The van der Waals surface area contributed by atoms with Crippen LogP contribution in [-0.2, 0) is 10.0 Å². The predicted octanol–water partition coefficient (Wildman–Crippen LogP) is 0.565. The van der Waals surface area contributed by atoms with Gasteiger partial charge in [0.2, 0.25) is 0 Å². The number of pyridine rings is 1. The molecule has 1 heterocycles. The van der Waals surface area contributed by atoms with Gasteiger partial charge < -0.3 is 4.98 Å². The van der Waals surface area contributed by atoms with Gasteiger partial charge >= 0.3 is 0 Å². The molecular formula is C6H5F2IN2O3S. The highest BCUT2D eigenvalue weighted by Gasteiger charge is 2.19. The van der Waals surface area contributed by atoms with E-state index in [1.807, 2.05) is 4.98 Å². The lowest BCUT2D eigenvalue weighted by atomic mass is 10.3. The van der Waals surface area contributed by atoms with Crippen LogP contribution in [0.4, 0.5) is 8.78 Å². The Morgan fingerprint density at radius 1 is 1.47 bits per heavy atom. The van der Waals surface area contributed by atoms with Crippen molar-refractivity contribution in [3.63, 3.8) is 0 Å². The summed E-state index contributed by atoms with van der Waals surface area (Å²) in [5, 5.41) is 4.20. The maximum absolute atomic E-state index is 12.2. The fourth-order valence-corrected chi connectivity index (χ4v) is 2.83. The van der Waals surface area contributed by atoms with E-state index in [4.69, 9.17) is 5.14 Å². The van der Waals surface area contributed by atoms with Gasteiger partial charge in [-0.05, 0) is 28.7 Å². The maximum Gasteiger partial charge on any atom is 0.269 e. The summed E-state index contributed by atoms with van der Waals surface area (Å²) in [6, 6.07) is 0.795. The topological polar surface area (TPSA) is 93.0 Å². The summed E-state index contributed by atoms with van der Waals surface area (Å²) in [5.41, 5.74) is -1.94. The zero-order valence-corrected chi connectivity index (χ0v) is 9.97. The first-order valence-corrected chi connectivity index (χ1v) is 6.09. The molecule has 15 heavy (non-hydrogen) atoms. The van der Waals surface area contributed by atoms with Gasteiger partial charge in [-0.15, -0.1) is 0 Å². The first-order chi connectivity index (χ1) is 6.73. The summed E-state index contributed by atoms with van der Waals surface area (Å²) in [5.74, 6) is 0. The van der Waals surface area contributed by atoms with Gasteiger partial charge in [0, 0.05) is 0 Å². The molecule has 0 amide bonds. The number of H-pyrrole nitrogens is 1. The van der Waals surface area contributed by atoms with E-state index in [2.05, 4.69) is 0 Å². The molecule has 0 fully saturated rings. The summed E-state index contributed by atoms with van der Waals surface area (Å²) in [4.78, 5) is 12.8. The van der Waals surface area contributed by atoms with Crippen LogP contribution in [0.5, 0.6) is 0 Å². The molecule has 0 saturated carbocycles. The number of nitrogens with one attached hydrogen (secondary N) is 1. The van der Waals surface area contributed by atoms with Crippen LogP contribution in [0.15, 0.2) is 15.9 Å². The molecule has 5 nitrogen and oxygen atoms in total. The largest absolute Gasteiger partial charge is 0.311 e. The zero-order chi connectivity index (χ0) is 11.8. The molecule has 0 aliphatic carbocycles. The van der Waals surface area contributed by atoms with E-state index in [1.165, 1.54) is 22.6 Å². The second-order valence-corrected chi connectivity index (χ2v) is 5.24. The first-order valence-electron chi connectivity index (χ1n) is 3.47. The molecule has 0 aliphatic heterocycles. The minimum absolute atomic E-state index is 0.0509. The number of nitrogens with two attached hydrogens (primary N) is 1. The summed E-state index contributed by atoms with van der Waals surface area (Å²) in [7, 11) is -4.11. The number of alkyl halides is 2. The van der Waals surface area contributed by atoms with Gasteiger partial charge in [0.15, 0.2) is 5.03 Å². The Hall–Kier alpha value is -0.550. The van der Waals surface area contributed by atoms with Gasteiger partial charge in [0.05, 0.1) is 9.13 Å². The van der Waals surface area contributed by atoms with Crippen LogP contribution in [0.2, 0.25) is 0 Å². The molecule has 0 atom stereocenters. The molecule has 9 heteroatoms. The van der Waals surface area contributed by atoms with Crippen LogP contribution in [0, 0.1) is 3.57 Å². The molecule has 0 aliphatic rings. The minimum atomic E-state index is -4.11. The number of sulfonamides is 1. The predicted molar refractivity (Wildman–Crippen MR) is 56.1 cm³/mol. The number of aromatic amines is 1. The normalized spacial score (nSPS) is 12.1. The lowest BCUT2D eigenvalue weighted by Gasteiger charge is -2.04. The molecule has 0 spiro atoms. The van der Waals surface area contributed by atoms with Crippen LogP contribution >= 0.6 is 22.6 Å². The van der Waals surface area contributed by atoms with E-state index in [0.29, 0.717) is 0 Å². The van der Waals surface area contributed by atoms with Gasteiger partial charge in [0.25, 0.3) is 22.0 Å². The van der Waals surface area contributed by atoms with Crippen molar-refractivity contribution >= 4 is 32.6 Å². The molecule has 3 N–H and O–H groups in total. The molecule has 0 radical (unpaired) electrons. The summed E-state index contributed by atoms with van der Waals surface area (Å²) in [6.07, 6.45) is -2.96. The van der Waals surface area contributed by atoms with E-state index in [9.17, 15) is 22.0 Å². The van der Waals surface area contributed by atoms with Crippen molar-refractivity contribution in [2.75, 3.05) is 0 Å². The fraction of sp³-hybridized carbons (Fsp3) is 0.167. The fourth-order valence-electron chi connectivity index (χ4n) is 0.872. The lowest BCUT2D eigenvalue weighted by molar-refractivity contribution is 0.149. The number of hydrogen-bond acceptors (Lipinski definition) is 3. The summed E-state index contributed by atoms with van der Waals surface area (Å²) in [6.45, 7) is 0. The van der Waals surface area contributed by atoms with Gasteiger partial charge in [0.1, 0.15) is 0 Å². The Morgan fingerprint density at radius 3 is 2.40 bits per heavy atom. The smallest absolute Gasteiger partial charge is 0.269 e.